The topological polar surface area (TPSA) is 66.5 Å². The monoisotopic (exact) mass is 352 g/mol. The van der Waals surface area contributed by atoms with Crippen molar-refractivity contribution in [1.29, 1.82) is 0 Å². The Hall–Kier alpha value is -0.980. The van der Waals surface area contributed by atoms with Crippen molar-refractivity contribution in [3.05, 3.63) is 28.2 Å². The van der Waals surface area contributed by atoms with Gasteiger partial charge in [0.25, 0.3) is 0 Å². The van der Waals surface area contributed by atoms with E-state index in [4.69, 9.17) is 23.2 Å². The summed E-state index contributed by atoms with van der Waals surface area (Å²) in [6.45, 7) is 2.18. The predicted molar refractivity (Wildman–Crippen MR) is 86.6 cm³/mol. The molecule has 5 nitrogen and oxygen atoms in total. The summed E-state index contributed by atoms with van der Waals surface area (Å²) in [6.07, 6.45) is 2.79. The van der Waals surface area contributed by atoms with Gasteiger partial charge in [0.15, 0.2) is 0 Å². The number of amides is 1. The first-order chi connectivity index (χ1) is 9.77. The van der Waals surface area contributed by atoms with Crippen molar-refractivity contribution < 1.29 is 13.2 Å². The summed E-state index contributed by atoms with van der Waals surface area (Å²) in [6, 6.07) is 4.64. The number of carbonyl (C=O) groups excluding carboxylic acids is 1. The zero-order valence-electron chi connectivity index (χ0n) is 11.9. The molecular formula is C13H18Cl2N2O3S. The van der Waals surface area contributed by atoms with Crippen LogP contribution in [0.5, 0.6) is 0 Å². The summed E-state index contributed by atoms with van der Waals surface area (Å²) in [4.78, 5) is 11.9. The van der Waals surface area contributed by atoms with E-state index < -0.39 is 10.0 Å². The smallest absolute Gasteiger partial charge is 0.240 e. The van der Waals surface area contributed by atoms with E-state index in [0.717, 1.165) is 23.4 Å². The summed E-state index contributed by atoms with van der Waals surface area (Å²) in [7, 11) is -3.65. The summed E-state index contributed by atoms with van der Waals surface area (Å²) in [5.41, 5.74) is 0.192. The molecule has 0 fully saturated rings. The molecule has 0 unspecified atom stereocenters. The Balaban J connectivity index is 2.98. The van der Waals surface area contributed by atoms with Gasteiger partial charge >= 0.3 is 0 Å². The van der Waals surface area contributed by atoms with Gasteiger partial charge in [-0.15, -0.1) is 0 Å². The number of halogens is 2. The van der Waals surface area contributed by atoms with Gasteiger partial charge in [-0.2, -0.15) is 0 Å². The lowest BCUT2D eigenvalue weighted by molar-refractivity contribution is -0.119. The number of nitrogens with one attached hydrogen (secondary N) is 1. The van der Waals surface area contributed by atoms with Crippen LogP contribution in [0.3, 0.4) is 0 Å². The van der Waals surface area contributed by atoms with Crippen molar-refractivity contribution in [3.8, 4) is 0 Å². The van der Waals surface area contributed by atoms with Crippen LogP contribution in [0.4, 0.5) is 5.69 Å². The maximum atomic E-state index is 11.9. The van der Waals surface area contributed by atoms with Crippen LogP contribution in [0, 0.1) is 0 Å². The highest BCUT2D eigenvalue weighted by atomic mass is 35.5. The molecule has 1 aromatic rings. The number of carbonyl (C=O) groups is 1. The van der Waals surface area contributed by atoms with E-state index in [9.17, 15) is 13.2 Å². The molecule has 21 heavy (non-hydrogen) atoms. The van der Waals surface area contributed by atoms with Crippen molar-refractivity contribution in [3.63, 3.8) is 0 Å². The third-order valence-corrected chi connectivity index (χ3v) is 4.68. The number of nitrogens with zero attached hydrogens (tertiary/aromatic N) is 1. The van der Waals surface area contributed by atoms with Crippen LogP contribution < -0.4 is 9.62 Å². The number of sulfonamides is 1. The van der Waals surface area contributed by atoms with Gasteiger partial charge in [0, 0.05) is 6.54 Å². The van der Waals surface area contributed by atoms with E-state index in [2.05, 4.69) is 5.32 Å². The van der Waals surface area contributed by atoms with E-state index in [1.165, 1.54) is 6.07 Å². The predicted octanol–water partition coefficient (Wildman–Crippen LogP) is 2.68. The molecule has 1 amide bonds. The molecular weight excluding hydrogens is 335 g/mol. The highest BCUT2D eigenvalue weighted by molar-refractivity contribution is 7.92. The lowest BCUT2D eigenvalue weighted by atomic mass is 10.3. The molecule has 0 saturated carbocycles. The largest absolute Gasteiger partial charge is 0.355 e. The lowest BCUT2D eigenvalue weighted by Crippen LogP contribution is -2.40. The summed E-state index contributed by atoms with van der Waals surface area (Å²) >= 11 is 11.9. The number of benzene rings is 1. The van der Waals surface area contributed by atoms with Crippen molar-refractivity contribution in [1.82, 2.24) is 5.32 Å². The highest BCUT2D eigenvalue weighted by Crippen LogP contribution is 2.33. The minimum Gasteiger partial charge on any atom is -0.355 e. The molecule has 0 aliphatic rings. The van der Waals surface area contributed by atoms with E-state index in [1.807, 2.05) is 6.92 Å². The van der Waals surface area contributed by atoms with Crippen LogP contribution >= 0.6 is 23.2 Å². The number of hydrogen-bond donors (Lipinski definition) is 1. The fraction of sp³-hybridized carbons (Fsp3) is 0.462. The second-order valence-corrected chi connectivity index (χ2v) is 7.24. The van der Waals surface area contributed by atoms with E-state index in [1.54, 1.807) is 12.1 Å². The van der Waals surface area contributed by atoms with Crippen molar-refractivity contribution in [2.45, 2.75) is 19.8 Å². The average molecular weight is 353 g/mol. The molecule has 1 rings (SSSR count). The third-order valence-electron chi connectivity index (χ3n) is 2.74. The van der Waals surface area contributed by atoms with Crippen LogP contribution in [0.15, 0.2) is 18.2 Å². The molecule has 1 aromatic carbocycles. The number of hydrogen-bond acceptors (Lipinski definition) is 3. The third kappa shape index (κ3) is 5.37. The van der Waals surface area contributed by atoms with Crippen LogP contribution in [0.1, 0.15) is 19.8 Å². The summed E-state index contributed by atoms with van der Waals surface area (Å²) in [5, 5.41) is 3.00. The molecule has 0 aromatic heterocycles. The van der Waals surface area contributed by atoms with Gasteiger partial charge in [0.05, 0.1) is 22.0 Å². The van der Waals surface area contributed by atoms with Gasteiger partial charge in [-0.25, -0.2) is 8.42 Å². The molecule has 0 bridgehead atoms. The Kier molecular flexibility index (Phi) is 6.77. The Bertz CT molecular complexity index is 605. The fourth-order valence-corrected chi connectivity index (χ4v) is 2.97. The highest BCUT2D eigenvalue weighted by Gasteiger charge is 2.23. The van der Waals surface area contributed by atoms with Gasteiger partial charge in [-0.3, -0.25) is 9.10 Å². The molecule has 1 N–H and O–H groups in total. The van der Waals surface area contributed by atoms with Crippen molar-refractivity contribution >= 4 is 44.8 Å². The van der Waals surface area contributed by atoms with Gasteiger partial charge in [0.1, 0.15) is 6.54 Å². The zero-order valence-corrected chi connectivity index (χ0v) is 14.2. The number of unbranched alkanes of at least 4 members (excludes halogenated alkanes) is 1. The Morgan fingerprint density at radius 3 is 2.57 bits per heavy atom. The van der Waals surface area contributed by atoms with Crippen molar-refractivity contribution in [2.24, 2.45) is 0 Å². The fourth-order valence-electron chi connectivity index (χ4n) is 1.66. The Labute approximate surface area is 135 Å². The normalized spacial score (nSPS) is 11.2. The van der Waals surface area contributed by atoms with E-state index >= 15 is 0 Å². The Morgan fingerprint density at radius 2 is 2.00 bits per heavy atom. The molecule has 0 saturated heterocycles. The van der Waals surface area contributed by atoms with Crippen LogP contribution in [0.25, 0.3) is 0 Å². The molecule has 0 aliphatic heterocycles. The standard InChI is InChI=1S/C13H18Cl2N2O3S/c1-3-4-8-16-12(18)9-17(21(2,19)20)11-7-5-6-10(14)13(11)15/h5-7H,3-4,8-9H2,1-2H3,(H,16,18). The first-order valence-corrected chi connectivity index (χ1v) is 9.06. The molecule has 118 valence electrons. The molecule has 8 heteroatoms. The van der Waals surface area contributed by atoms with Crippen molar-refractivity contribution in [2.75, 3.05) is 23.7 Å². The number of rotatable bonds is 7. The summed E-state index contributed by atoms with van der Waals surface area (Å²) < 4.78 is 24.8. The minimum atomic E-state index is -3.65. The maximum absolute atomic E-state index is 11.9. The van der Waals surface area contributed by atoms with Crippen LogP contribution in [-0.2, 0) is 14.8 Å². The average Bonchev–Trinajstić information content (AvgIpc) is 2.39. The molecule has 0 radical (unpaired) electrons. The van der Waals surface area contributed by atoms with Gasteiger partial charge in [-0.1, -0.05) is 42.6 Å². The molecule has 0 atom stereocenters. The number of anilines is 1. The van der Waals surface area contributed by atoms with E-state index in [0.29, 0.717) is 6.54 Å². The Morgan fingerprint density at radius 1 is 1.33 bits per heavy atom. The second kappa shape index (κ2) is 7.87. The molecule has 0 aliphatic carbocycles. The summed E-state index contributed by atoms with van der Waals surface area (Å²) in [5.74, 6) is -0.384. The first-order valence-electron chi connectivity index (χ1n) is 6.45. The molecule has 0 spiro atoms. The van der Waals surface area contributed by atoms with E-state index in [-0.39, 0.29) is 28.2 Å². The van der Waals surface area contributed by atoms with Crippen LogP contribution in [0.2, 0.25) is 10.0 Å². The van der Waals surface area contributed by atoms with Gasteiger partial charge in [0.2, 0.25) is 15.9 Å². The minimum absolute atomic E-state index is 0.103. The van der Waals surface area contributed by atoms with Gasteiger partial charge < -0.3 is 5.32 Å². The van der Waals surface area contributed by atoms with Crippen LogP contribution in [-0.4, -0.2) is 33.7 Å². The quantitative estimate of drug-likeness (QED) is 0.767. The molecule has 0 heterocycles. The maximum Gasteiger partial charge on any atom is 0.240 e. The lowest BCUT2D eigenvalue weighted by Gasteiger charge is -2.23. The second-order valence-electron chi connectivity index (χ2n) is 4.55. The SMILES string of the molecule is CCCCNC(=O)CN(c1cccc(Cl)c1Cl)S(C)(=O)=O. The zero-order chi connectivity index (χ0) is 16.0. The van der Waals surface area contributed by atoms with Gasteiger partial charge in [-0.05, 0) is 18.6 Å². The first kappa shape index (κ1) is 18.1.